The number of benzene rings is 1. The molecule has 0 saturated carbocycles. The van der Waals surface area contributed by atoms with E-state index in [1.807, 2.05) is 0 Å². The van der Waals surface area contributed by atoms with Gasteiger partial charge in [0.15, 0.2) is 6.29 Å². The Hall–Kier alpha value is -1.60. The van der Waals surface area contributed by atoms with E-state index in [0.717, 1.165) is 16.9 Å². The molecule has 0 radical (unpaired) electrons. The number of halogens is 5. The molecule has 1 aromatic heterocycles. The molecular formula is C12H8Cl2F3N3O. The lowest BCUT2D eigenvalue weighted by molar-refractivity contribution is -0.137. The van der Waals surface area contributed by atoms with Gasteiger partial charge < -0.3 is 0 Å². The van der Waals surface area contributed by atoms with Crippen LogP contribution < -0.4 is 0 Å². The van der Waals surface area contributed by atoms with E-state index in [0.29, 0.717) is 18.4 Å². The maximum Gasteiger partial charge on any atom is 0.416 e. The SMILES string of the molecule is CCc1nn(-c2c(Cl)cc(C(F)(F)F)cc2Cl)nc1C=O. The summed E-state index contributed by atoms with van der Waals surface area (Å²) in [5.41, 5.74) is -0.490. The van der Waals surface area contributed by atoms with Crippen molar-refractivity contribution in [1.82, 2.24) is 15.0 Å². The number of carbonyl (C=O) groups is 1. The maximum atomic E-state index is 12.7. The normalized spacial score (nSPS) is 11.7. The fourth-order valence-corrected chi connectivity index (χ4v) is 2.35. The predicted molar refractivity (Wildman–Crippen MR) is 71.1 cm³/mol. The number of aromatic nitrogens is 3. The number of carbonyl (C=O) groups excluding carboxylic acids is 1. The Morgan fingerprint density at radius 1 is 1.24 bits per heavy atom. The first-order chi connectivity index (χ1) is 9.77. The molecule has 0 N–H and O–H groups in total. The molecule has 0 atom stereocenters. The Morgan fingerprint density at radius 2 is 1.81 bits per heavy atom. The van der Waals surface area contributed by atoms with Crippen LogP contribution in [0, 0.1) is 0 Å². The van der Waals surface area contributed by atoms with Crippen molar-refractivity contribution < 1.29 is 18.0 Å². The van der Waals surface area contributed by atoms with Crippen LogP contribution in [0.4, 0.5) is 13.2 Å². The Kier molecular flexibility index (Phi) is 4.25. The van der Waals surface area contributed by atoms with E-state index in [9.17, 15) is 18.0 Å². The average Bonchev–Trinajstić information content (AvgIpc) is 2.79. The predicted octanol–water partition coefficient (Wildman–Crippen LogP) is 3.97. The Bertz CT molecular complexity index is 675. The first-order valence-corrected chi connectivity index (χ1v) is 6.51. The molecule has 0 saturated heterocycles. The second-order valence-electron chi connectivity index (χ2n) is 4.08. The van der Waals surface area contributed by atoms with Crippen molar-refractivity contribution in [2.24, 2.45) is 0 Å². The van der Waals surface area contributed by atoms with E-state index in [4.69, 9.17) is 23.2 Å². The van der Waals surface area contributed by atoms with Crippen LogP contribution in [0.1, 0.15) is 28.7 Å². The zero-order chi connectivity index (χ0) is 15.8. The van der Waals surface area contributed by atoms with Gasteiger partial charge in [-0.1, -0.05) is 30.1 Å². The van der Waals surface area contributed by atoms with Gasteiger partial charge in [-0.3, -0.25) is 4.79 Å². The molecule has 0 aliphatic heterocycles. The minimum atomic E-state index is -4.56. The molecule has 0 bridgehead atoms. The van der Waals surface area contributed by atoms with Gasteiger partial charge in [-0.25, -0.2) is 0 Å². The number of aryl methyl sites for hydroxylation is 1. The van der Waals surface area contributed by atoms with Crippen LogP contribution in [0.2, 0.25) is 10.0 Å². The van der Waals surface area contributed by atoms with Gasteiger partial charge in [0.25, 0.3) is 0 Å². The molecule has 0 fully saturated rings. The summed E-state index contributed by atoms with van der Waals surface area (Å²) in [5.74, 6) is 0. The second kappa shape index (κ2) is 5.65. The van der Waals surface area contributed by atoms with E-state index in [1.54, 1.807) is 6.92 Å². The molecule has 21 heavy (non-hydrogen) atoms. The summed E-state index contributed by atoms with van der Waals surface area (Å²) in [7, 11) is 0. The lowest BCUT2D eigenvalue weighted by Gasteiger charge is -2.11. The first-order valence-electron chi connectivity index (χ1n) is 5.76. The second-order valence-corrected chi connectivity index (χ2v) is 4.89. The third kappa shape index (κ3) is 3.03. The van der Waals surface area contributed by atoms with Gasteiger partial charge in [-0.05, 0) is 18.6 Å². The quantitative estimate of drug-likeness (QED) is 0.796. The maximum absolute atomic E-state index is 12.7. The molecular weight excluding hydrogens is 330 g/mol. The minimum Gasteiger partial charge on any atom is -0.296 e. The molecule has 9 heteroatoms. The smallest absolute Gasteiger partial charge is 0.296 e. The molecule has 0 aliphatic carbocycles. The third-order valence-corrected chi connectivity index (χ3v) is 3.28. The van der Waals surface area contributed by atoms with Gasteiger partial charge in [0.05, 0.1) is 21.3 Å². The van der Waals surface area contributed by atoms with Crippen LogP contribution in [0.15, 0.2) is 12.1 Å². The Morgan fingerprint density at radius 3 is 2.19 bits per heavy atom. The number of rotatable bonds is 3. The van der Waals surface area contributed by atoms with E-state index >= 15 is 0 Å². The van der Waals surface area contributed by atoms with Gasteiger partial charge in [-0.15, -0.1) is 9.90 Å². The number of hydrogen-bond acceptors (Lipinski definition) is 3. The average molecular weight is 338 g/mol. The van der Waals surface area contributed by atoms with Gasteiger partial charge in [-0.2, -0.15) is 18.3 Å². The minimum absolute atomic E-state index is 0.00543. The topological polar surface area (TPSA) is 47.8 Å². The van der Waals surface area contributed by atoms with E-state index < -0.39 is 11.7 Å². The van der Waals surface area contributed by atoms with Gasteiger partial charge in [0, 0.05) is 0 Å². The van der Waals surface area contributed by atoms with Crippen molar-refractivity contribution in [3.63, 3.8) is 0 Å². The number of aldehydes is 1. The lowest BCUT2D eigenvalue weighted by atomic mass is 10.2. The van der Waals surface area contributed by atoms with E-state index in [1.165, 1.54) is 0 Å². The molecule has 2 rings (SSSR count). The molecule has 1 heterocycles. The summed E-state index contributed by atoms with van der Waals surface area (Å²) in [6.07, 6.45) is -3.62. The zero-order valence-electron chi connectivity index (χ0n) is 10.6. The van der Waals surface area contributed by atoms with Crippen LogP contribution >= 0.6 is 23.2 Å². The molecule has 2 aromatic rings. The van der Waals surface area contributed by atoms with Crippen molar-refractivity contribution in [3.8, 4) is 5.69 Å². The summed E-state index contributed by atoms with van der Waals surface area (Å²) in [6.45, 7) is 1.76. The van der Waals surface area contributed by atoms with Crippen LogP contribution in [0.5, 0.6) is 0 Å². The Labute approximate surface area is 127 Å². The summed E-state index contributed by atoms with van der Waals surface area (Å²) < 4.78 is 38.0. The highest BCUT2D eigenvalue weighted by Crippen LogP contribution is 2.37. The van der Waals surface area contributed by atoms with Crippen LogP contribution in [0.25, 0.3) is 5.69 Å². The molecule has 4 nitrogen and oxygen atoms in total. The van der Waals surface area contributed by atoms with Crippen molar-refractivity contribution in [2.75, 3.05) is 0 Å². The molecule has 0 amide bonds. The van der Waals surface area contributed by atoms with Crippen molar-refractivity contribution in [1.29, 1.82) is 0 Å². The number of alkyl halides is 3. The van der Waals surface area contributed by atoms with Crippen LogP contribution in [-0.4, -0.2) is 21.3 Å². The fraction of sp³-hybridized carbons (Fsp3) is 0.250. The summed E-state index contributed by atoms with van der Waals surface area (Å²) in [5, 5.41) is 7.36. The third-order valence-electron chi connectivity index (χ3n) is 2.70. The van der Waals surface area contributed by atoms with Crippen molar-refractivity contribution >= 4 is 29.5 Å². The molecule has 0 spiro atoms. The summed E-state index contributed by atoms with van der Waals surface area (Å²) >= 11 is 11.7. The zero-order valence-corrected chi connectivity index (χ0v) is 12.1. The van der Waals surface area contributed by atoms with Crippen LogP contribution in [0.3, 0.4) is 0 Å². The summed E-state index contributed by atoms with van der Waals surface area (Å²) in [6, 6.07) is 1.47. The standard InChI is InChI=1S/C12H8Cl2F3N3O/c1-2-9-10(5-21)19-20(18-9)11-7(13)3-6(4-8(11)14)12(15,16)17/h3-5H,2H2,1H3. The van der Waals surface area contributed by atoms with E-state index in [-0.39, 0.29) is 21.4 Å². The fourth-order valence-electron chi connectivity index (χ4n) is 1.71. The highest BCUT2D eigenvalue weighted by atomic mass is 35.5. The van der Waals surface area contributed by atoms with Gasteiger partial charge in [0.2, 0.25) is 0 Å². The largest absolute Gasteiger partial charge is 0.416 e. The highest BCUT2D eigenvalue weighted by Gasteiger charge is 2.32. The van der Waals surface area contributed by atoms with E-state index in [2.05, 4.69) is 10.2 Å². The monoisotopic (exact) mass is 337 g/mol. The molecule has 0 aliphatic rings. The Balaban J connectivity index is 2.60. The summed E-state index contributed by atoms with van der Waals surface area (Å²) in [4.78, 5) is 11.8. The highest BCUT2D eigenvalue weighted by molar-refractivity contribution is 6.37. The van der Waals surface area contributed by atoms with Gasteiger partial charge in [0.1, 0.15) is 11.4 Å². The lowest BCUT2D eigenvalue weighted by Crippen LogP contribution is -2.08. The van der Waals surface area contributed by atoms with Crippen molar-refractivity contribution in [3.05, 3.63) is 39.1 Å². The molecule has 1 aromatic carbocycles. The number of nitrogens with zero attached hydrogens (tertiary/aromatic N) is 3. The van der Waals surface area contributed by atoms with Crippen LogP contribution in [-0.2, 0) is 12.6 Å². The van der Waals surface area contributed by atoms with Gasteiger partial charge >= 0.3 is 6.18 Å². The number of hydrogen-bond donors (Lipinski definition) is 0. The molecule has 0 unspecified atom stereocenters. The van der Waals surface area contributed by atoms with Crippen molar-refractivity contribution in [2.45, 2.75) is 19.5 Å². The molecule has 112 valence electrons. The first kappa shape index (κ1) is 15.8.